The molecule has 5 aromatic rings. The van der Waals surface area contributed by atoms with Crippen molar-refractivity contribution < 1.29 is 9.53 Å². The van der Waals surface area contributed by atoms with Crippen molar-refractivity contribution in [1.29, 1.82) is 0 Å². The monoisotopic (exact) mass is 503 g/mol. The number of aromatic amines is 1. The molecule has 35 heavy (non-hydrogen) atoms. The van der Waals surface area contributed by atoms with Crippen LogP contribution in [0.15, 0.2) is 82.3 Å². The van der Waals surface area contributed by atoms with Crippen LogP contribution < -0.4 is 15.6 Å². The maximum atomic E-state index is 13.6. The molecule has 5 rings (SSSR count). The summed E-state index contributed by atoms with van der Waals surface area (Å²) in [7, 11) is 1.60. The number of methoxy groups -OCH3 is 1. The lowest BCUT2D eigenvalue weighted by molar-refractivity contribution is -0.113. The quantitative estimate of drug-likeness (QED) is 0.236. The number of thiazole rings is 1. The van der Waals surface area contributed by atoms with Gasteiger partial charge in [-0.25, -0.2) is 9.97 Å². The van der Waals surface area contributed by atoms with Crippen LogP contribution in [0, 0.1) is 0 Å². The van der Waals surface area contributed by atoms with Crippen LogP contribution in [-0.4, -0.2) is 38.3 Å². The Kier molecular flexibility index (Phi) is 6.64. The summed E-state index contributed by atoms with van der Waals surface area (Å²) in [6.07, 6.45) is 3.43. The number of para-hydroxylation sites is 1. The molecule has 0 spiro atoms. The molecule has 2 N–H and O–H groups in total. The van der Waals surface area contributed by atoms with Crippen molar-refractivity contribution in [3.8, 4) is 16.9 Å². The average Bonchev–Trinajstić information content (AvgIpc) is 3.55. The summed E-state index contributed by atoms with van der Waals surface area (Å²) in [5, 5.41) is 5.54. The number of hydrogen-bond donors (Lipinski definition) is 2. The molecule has 0 saturated carbocycles. The van der Waals surface area contributed by atoms with Crippen LogP contribution in [-0.2, 0) is 11.3 Å². The molecule has 0 aliphatic heterocycles. The van der Waals surface area contributed by atoms with Crippen LogP contribution in [0.2, 0.25) is 0 Å². The highest BCUT2D eigenvalue weighted by Gasteiger charge is 2.19. The van der Waals surface area contributed by atoms with E-state index in [0.717, 1.165) is 16.7 Å². The first-order valence-corrected chi connectivity index (χ1v) is 12.6. The highest BCUT2D eigenvalue weighted by atomic mass is 32.2. The largest absolute Gasteiger partial charge is 0.496 e. The highest BCUT2D eigenvalue weighted by molar-refractivity contribution is 7.99. The van der Waals surface area contributed by atoms with E-state index in [9.17, 15) is 9.59 Å². The van der Waals surface area contributed by atoms with Gasteiger partial charge in [-0.2, -0.15) is 0 Å². The molecule has 0 aliphatic rings. The molecule has 0 atom stereocenters. The molecule has 0 unspecified atom stereocenters. The minimum Gasteiger partial charge on any atom is -0.496 e. The molecule has 2 aromatic carbocycles. The van der Waals surface area contributed by atoms with E-state index >= 15 is 0 Å². The Labute approximate surface area is 209 Å². The van der Waals surface area contributed by atoms with Gasteiger partial charge in [0.15, 0.2) is 10.3 Å². The van der Waals surface area contributed by atoms with Crippen LogP contribution in [0.4, 0.5) is 5.13 Å². The van der Waals surface area contributed by atoms with Crippen LogP contribution >= 0.6 is 23.1 Å². The Hall–Kier alpha value is -3.89. The second-order valence-corrected chi connectivity index (χ2v) is 9.40. The third-order valence-corrected chi connectivity index (χ3v) is 7.03. The molecule has 8 nitrogen and oxygen atoms in total. The number of anilines is 1. The minimum atomic E-state index is -0.222. The Morgan fingerprint density at radius 2 is 1.97 bits per heavy atom. The number of rotatable bonds is 8. The van der Waals surface area contributed by atoms with E-state index in [0.29, 0.717) is 27.1 Å². The maximum absolute atomic E-state index is 13.6. The molecule has 0 bridgehead atoms. The van der Waals surface area contributed by atoms with Gasteiger partial charge in [0.2, 0.25) is 5.91 Å². The summed E-state index contributed by atoms with van der Waals surface area (Å²) in [4.78, 5) is 38.2. The maximum Gasteiger partial charge on any atom is 0.278 e. The molecule has 0 radical (unpaired) electrons. The van der Waals surface area contributed by atoms with Crippen LogP contribution in [0.5, 0.6) is 5.75 Å². The van der Waals surface area contributed by atoms with Gasteiger partial charge in [0.05, 0.1) is 19.4 Å². The fourth-order valence-corrected chi connectivity index (χ4v) is 5.07. The van der Waals surface area contributed by atoms with Crippen LogP contribution in [0.1, 0.15) is 5.56 Å². The van der Waals surface area contributed by atoms with Crippen LogP contribution in [0.3, 0.4) is 0 Å². The third kappa shape index (κ3) is 4.84. The standard InChI is InChI=1S/C25H21N5O3S2/c1-33-19-10-6-5-9-17(19)14-30-23(32)22-21(18(13-27-22)16-7-3-2-4-8-16)29-25(30)35-15-20(31)28-24-26-11-12-34-24/h2-13,27H,14-15H2,1H3,(H,26,28,31). The number of carbonyl (C=O) groups is 1. The lowest BCUT2D eigenvalue weighted by Crippen LogP contribution is -2.25. The van der Waals surface area contributed by atoms with Gasteiger partial charge in [0.1, 0.15) is 16.8 Å². The molecular formula is C25H21N5O3S2. The predicted molar refractivity (Wildman–Crippen MR) is 139 cm³/mol. The summed E-state index contributed by atoms with van der Waals surface area (Å²) in [5.74, 6) is 0.531. The number of ether oxygens (including phenoxy) is 1. The fraction of sp³-hybridized carbons (Fsp3) is 0.120. The Bertz CT molecular complexity index is 1530. The van der Waals surface area contributed by atoms with Crippen molar-refractivity contribution in [2.45, 2.75) is 11.7 Å². The number of hydrogen-bond acceptors (Lipinski definition) is 7. The number of nitrogens with zero attached hydrogens (tertiary/aromatic N) is 3. The Morgan fingerprint density at radius 3 is 2.74 bits per heavy atom. The number of aromatic nitrogens is 4. The van der Waals surface area contributed by atoms with Crippen molar-refractivity contribution in [3.63, 3.8) is 0 Å². The summed E-state index contributed by atoms with van der Waals surface area (Å²) in [6, 6.07) is 17.3. The Balaban J connectivity index is 1.56. The predicted octanol–water partition coefficient (Wildman–Crippen LogP) is 4.64. The Morgan fingerprint density at radius 1 is 1.17 bits per heavy atom. The second kappa shape index (κ2) is 10.2. The van der Waals surface area contributed by atoms with E-state index < -0.39 is 0 Å². The zero-order chi connectivity index (χ0) is 24.2. The third-order valence-electron chi connectivity index (χ3n) is 5.37. The molecule has 0 aliphatic carbocycles. The number of H-pyrrole nitrogens is 1. The van der Waals surface area contributed by atoms with Gasteiger partial charge in [-0.3, -0.25) is 14.2 Å². The average molecular weight is 504 g/mol. The fourth-order valence-electron chi connectivity index (χ4n) is 3.73. The zero-order valence-corrected chi connectivity index (χ0v) is 20.4. The van der Waals surface area contributed by atoms with Crippen LogP contribution in [0.25, 0.3) is 22.2 Å². The van der Waals surface area contributed by atoms with Crippen molar-refractivity contribution in [1.82, 2.24) is 19.5 Å². The SMILES string of the molecule is COc1ccccc1Cn1c(SCC(=O)Nc2nccs2)nc2c(-c3ccccc3)c[nH]c2c1=O. The van der Waals surface area contributed by atoms with E-state index in [2.05, 4.69) is 15.3 Å². The number of amides is 1. The minimum absolute atomic E-state index is 0.0779. The normalized spacial score (nSPS) is 11.0. The first-order valence-electron chi connectivity index (χ1n) is 10.8. The molecule has 0 fully saturated rings. The van der Waals surface area contributed by atoms with Crippen molar-refractivity contribution in [2.24, 2.45) is 0 Å². The van der Waals surface area contributed by atoms with Crippen molar-refractivity contribution in [2.75, 3.05) is 18.2 Å². The van der Waals surface area contributed by atoms with Gasteiger partial charge in [-0.15, -0.1) is 11.3 Å². The molecule has 3 heterocycles. The van der Waals surface area contributed by atoms with Crippen molar-refractivity contribution in [3.05, 3.63) is 88.3 Å². The van der Waals surface area contributed by atoms with Gasteiger partial charge >= 0.3 is 0 Å². The van der Waals surface area contributed by atoms with E-state index in [1.807, 2.05) is 54.6 Å². The number of nitrogens with one attached hydrogen (secondary N) is 2. The van der Waals surface area contributed by atoms with Gasteiger partial charge < -0.3 is 15.0 Å². The molecule has 1 amide bonds. The number of fused-ring (bicyclic) bond motifs is 1. The first-order chi connectivity index (χ1) is 17.1. The molecule has 0 saturated heterocycles. The summed E-state index contributed by atoms with van der Waals surface area (Å²) >= 11 is 2.55. The topological polar surface area (TPSA) is 102 Å². The molecular weight excluding hydrogens is 482 g/mol. The smallest absolute Gasteiger partial charge is 0.278 e. The summed E-state index contributed by atoms with van der Waals surface area (Å²) < 4.78 is 7.06. The number of benzene rings is 2. The zero-order valence-electron chi connectivity index (χ0n) is 18.7. The van der Waals surface area contributed by atoms with Gasteiger partial charge in [-0.1, -0.05) is 60.3 Å². The lowest BCUT2D eigenvalue weighted by Gasteiger charge is -2.14. The van der Waals surface area contributed by atoms with Crippen molar-refractivity contribution >= 4 is 45.2 Å². The molecule has 10 heteroatoms. The van der Waals surface area contributed by atoms with Gasteiger partial charge in [0.25, 0.3) is 5.56 Å². The van der Waals surface area contributed by atoms with Gasteiger partial charge in [-0.05, 0) is 11.6 Å². The summed E-state index contributed by atoms with van der Waals surface area (Å²) in [5.41, 5.74) is 3.38. The summed E-state index contributed by atoms with van der Waals surface area (Å²) in [6.45, 7) is 0.252. The van der Waals surface area contributed by atoms with E-state index in [1.54, 1.807) is 29.5 Å². The van der Waals surface area contributed by atoms with E-state index in [1.165, 1.54) is 23.1 Å². The molecule has 3 aromatic heterocycles. The number of thioether (sulfide) groups is 1. The first kappa shape index (κ1) is 22.9. The lowest BCUT2D eigenvalue weighted by atomic mass is 10.1. The van der Waals surface area contributed by atoms with Gasteiger partial charge in [0, 0.05) is 28.9 Å². The van der Waals surface area contributed by atoms with E-state index in [-0.39, 0.29) is 23.8 Å². The molecule has 176 valence electrons. The number of carbonyl (C=O) groups excluding carboxylic acids is 1. The highest BCUT2D eigenvalue weighted by Crippen LogP contribution is 2.29. The van der Waals surface area contributed by atoms with E-state index in [4.69, 9.17) is 9.72 Å². The second-order valence-electron chi connectivity index (χ2n) is 7.56.